The molecule has 0 aliphatic carbocycles. The highest BCUT2D eigenvalue weighted by Gasteiger charge is 2.40. The zero-order valence-electron chi connectivity index (χ0n) is 11.8. The van der Waals surface area contributed by atoms with E-state index >= 15 is 0 Å². The first-order chi connectivity index (χ1) is 8.50. The van der Waals surface area contributed by atoms with Gasteiger partial charge in [0.2, 0.25) is 0 Å². The topological polar surface area (TPSA) is 32.8 Å². The molecule has 0 bridgehead atoms. The van der Waals surface area contributed by atoms with Crippen LogP contribution in [-0.4, -0.2) is 54.0 Å². The van der Waals surface area contributed by atoms with Crippen LogP contribution < -0.4 is 0 Å². The second kappa shape index (κ2) is 5.56. The first kappa shape index (κ1) is 16.1. The van der Waals surface area contributed by atoms with E-state index in [0.29, 0.717) is 30.8 Å². The highest BCUT2D eigenvalue weighted by Crippen LogP contribution is 2.27. The van der Waals surface area contributed by atoms with Crippen LogP contribution in [0, 0.1) is 0 Å². The minimum Gasteiger partial charge on any atom is -0.444 e. The summed E-state index contributed by atoms with van der Waals surface area (Å²) in [5.74, 6) is 0. The Balaban J connectivity index is 2.47. The summed E-state index contributed by atoms with van der Waals surface area (Å²) >= 11 is 0. The third-order valence-corrected chi connectivity index (χ3v) is 3.06. The maximum Gasteiger partial charge on any atom is 0.459 e. The van der Waals surface area contributed by atoms with Gasteiger partial charge in [0, 0.05) is 19.1 Å². The molecule has 1 aliphatic rings. The molecule has 1 fully saturated rings. The number of amides is 1. The molecule has 0 spiro atoms. The Kier molecular flexibility index (Phi) is 4.71. The Morgan fingerprint density at radius 2 is 1.68 bits per heavy atom. The highest BCUT2D eigenvalue weighted by molar-refractivity contribution is 5.68. The lowest BCUT2D eigenvalue weighted by atomic mass is 10.0. The molecule has 112 valence electrons. The second-order valence-electron chi connectivity index (χ2n) is 5.78. The van der Waals surface area contributed by atoms with E-state index in [-0.39, 0.29) is 0 Å². The van der Waals surface area contributed by atoms with Crippen LogP contribution in [0.2, 0.25) is 0 Å². The normalized spacial score (nSPS) is 18.8. The molecule has 1 rings (SSSR count). The first-order valence-corrected chi connectivity index (χ1v) is 6.28. The van der Waals surface area contributed by atoms with Gasteiger partial charge in [-0.1, -0.05) is 0 Å². The predicted octanol–water partition coefficient (Wildman–Crippen LogP) is 2.84. The molecule has 0 atom stereocenters. The Morgan fingerprint density at radius 3 is 2.05 bits per heavy atom. The summed E-state index contributed by atoms with van der Waals surface area (Å²) in [6.07, 6.45) is -4.18. The van der Waals surface area contributed by atoms with E-state index < -0.39 is 24.0 Å². The molecule has 1 aliphatic heterocycles. The number of piperidine rings is 1. The van der Waals surface area contributed by atoms with Crippen molar-refractivity contribution in [2.45, 2.75) is 51.6 Å². The minimum atomic E-state index is -4.32. The van der Waals surface area contributed by atoms with Crippen molar-refractivity contribution in [1.29, 1.82) is 0 Å². The van der Waals surface area contributed by atoms with Crippen molar-refractivity contribution < 1.29 is 22.7 Å². The standard InChI is InChI=1S/C12H21F3N2O2/c1-11(2,3)19-10(18)17-7-5-9(6-8-17)16(4)12(13,14)15/h9H,5-8H2,1-4H3. The van der Waals surface area contributed by atoms with Crippen LogP contribution in [0.3, 0.4) is 0 Å². The van der Waals surface area contributed by atoms with Gasteiger partial charge in [-0.05, 0) is 40.7 Å². The fourth-order valence-corrected chi connectivity index (χ4v) is 1.97. The molecule has 0 aromatic heterocycles. The number of alkyl halides is 3. The quantitative estimate of drug-likeness (QED) is 0.693. The summed E-state index contributed by atoms with van der Waals surface area (Å²) in [6.45, 7) is 5.86. The van der Waals surface area contributed by atoms with Gasteiger partial charge in [0.05, 0.1) is 0 Å². The molecule has 0 radical (unpaired) electrons. The van der Waals surface area contributed by atoms with Crippen LogP contribution in [0.5, 0.6) is 0 Å². The van der Waals surface area contributed by atoms with Gasteiger partial charge in [0.1, 0.15) is 5.60 Å². The summed E-state index contributed by atoms with van der Waals surface area (Å²) in [7, 11) is 1.05. The van der Waals surface area contributed by atoms with Gasteiger partial charge >= 0.3 is 12.4 Å². The Morgan fingerprint density at radius 1 is 1.21 bits per heavy atom. The molecular weight excluding hydrogens is 261 g/mol. The lowest BCUT2D eigenvalue weighted by molar-refractivity contribution is -0.252. The van der Waals surface area contributed by atoms with Crippen molar-refractivity contribution in [3.63, 3.8) is 0 Å². The largest absolute Gasteiger partial charge is 0.459 e. The minimum absolute atomic E-state index is 0.292. The monoisotopic (exact) mass is 282 g/mol. The molecule has 4 nitrogen and oxygen atoms in total. The smallest absolute Gasteiger partial charge is 0.444 e. The van der Waals surface area contributed by atoms with Gasteiger partial charge in [-0.25, -0.2) is 9.69 Å². The van der Waals surface area contributed by atoms with Crippen molar-refractivity contribution in [2.75, 3.05) is 20.1 Å². The number of halogens is 3. The summed E-state index contributed by atoms with van der Waals surface area (Å²) in [5.41, 5.74) is -0.587. The highest BCUT2D eigenvalue weighted by atomic mass is 19.4. The zero-order valence-corrected chi connectivity index (χ0v) is 11.8. The molecule has 7 heteroatoms. The Bertz CT molecular complexity index is 318. The van der Waals surface area contributed by atoms with Gasteiger partial charge in [0.15, 0.2) is 0 Å². The first-order valence-electron chi connectivity index (χ1n) is 6.28. The third kappa shape index (κ3) is 4.89. The number of carbonyl (C=O) groups is 1. The van der Waals surface area contributed by atoms with Crippen LogP contribution in [0.15, 0.2) is 0 Å². The summed E-state index contributed by atoms with van der Waals surface area (Å²) in [6, 6.07) is -0.571. The van der Waals surface area contributed by atoms with Gasteiger partial charge in [-0.2, -0.15) is 13.2 Å². The zero-order chi connectivity index (χ0) is 14.8. The number of hydrogen-bond donors (Lipinski definition) is 0. The van der Waals surface area contributed by atoms with E-state index in [9.17, 15) is 18.0 Å². The average molecular weight is 282 g/mol. The van der Waals surface area contributed by atoms with Gasteiger partial charge in [-0.3, -0.25) is 0 Å². The van der Waals surface area contributed by atoms with Crippen LogP contribution >= 0.6 is 0 Å². The van der Waals surface area contributed by atoms with E-state index in [1.807, 2.05) is 0 Å². The summed E-state index contributed by atoms with van der Waals surface area (Å²) in [5, 5.41) is 0. The number of nitrogens with zero attached hydrogens (tertiary/aromatic N) is 2. The fourth-order valence-electron chi connectivity index (χ4n) is 1.97. The van der Waals surface area contributed by atoms with Gasteiger partial charge in [0.25, 0.3) is 0 Å². The lowest BCUT2D eigenvalue weighted by Gasteiger charge is -2.37. The molecule has 0 unspecified atom stereocenters. The van der Waals surface area contributed by atoms with Crippen molar-refractivity contribution in [3.05, 3.63) is 0 Å². The molecule has 1 saturated heterocycles. The van der Waals surface area contributed by atoms with E-state index in [2.05, 4.69) is 0 Å². The van der Waals surface area contributed by atoms with E-state index in [4.69, 9.17) is 4.74 Å². The Hall–Kier alpha value is -0.980. The van der Waals surface area contributed by atoms with Gasteiger partial charge < -0.3 is 9.64 Å². The molecule has 0 aromatic carbocycles. The van der Waals surface area contributed by atoms with E-state index in [0.717, 1.165) is 7.05 Å². The van der Waals surface area contributed by atoms with Crippen LogP contribution in [0.1, 0.15) is 33.6 Å². The van der Waals surface area contributed by atoms with E-state index in [1.165, 1.54) is 4.90 Å². The van der Waals surface area contributed by atoms with Crippen molar-refractivity contribution in [1.82, 2.24) is 9.80 Å². The van der Waals surface area contributed by atoms with E-state index in [1.54, 1.807) is 20.8 Å². The number of likely N-dealkylation sites (tertiary alicyclic amines) is 1. The maximum absolute atomic E-state index is 12.5. The summed E-state index contributed by atoms with van der Waals surface area (Å²) in [4.78, 5) is 13.6. The van der Waals surface area contributed by atoms with Gasteiger partial charge in [-0.15, -0.1) is 0 Å². The van der Waals surface area contributed by atoms with Crippen LogP contribution in [-0.2, 0) is 4.74 Å². The van der Waals surface area contributed by atoms with Crippen molar-refractivity contribution in [3.8, 4) is 0 Å². The molecule has 0 saturated carbocycles. The Labute approximate surface area is 111 Å². The number of carbonyl (C=O) groups excluding carboxylic acids is 1. The van der Waals surface area contributed by atoms with Crippen molar-refractivity contribution in [2.24, 2.45) is 0 Å². The number of hydrogen-bond acceptors (Lipinski definition) is 3. The third-order valence-electron chi connectivity index (χ3n) is 3.06. The molecular formula is C12H21F3N2O2. The molecule has 0 aromatic rings. The SMILES string of the molecule is CN(C1CCN(C(=O)OC(C)(C)C)CC1)C(F)(F)F. The maximum atomic E-state index is 12.5. The predicted molar refractivity (Wildman–Crippen MR) is 64.6 cm³/mol. The molecule has 1 heterocycles. The number of ether oxygens (including phenoxy) is 1. The lowest BCUT2D eigenvalue weighted by Crippen LogP contribution is -2.50. The van der Waals surface area contributed by atoms with Crippen LogP contribution in [0.25, 0.3) is 0 Å². The molecule has 0 N–H and O–H groups in total. The average Bonchev–Trinajstić information content (AvgIpc) is 2.24. The summed E-state index contributed by atoms with van der Waals surface area (Å²) < 4.78 is 42.8. The van der Waals surface area contributed by atoms with Crippen LogP contribution in [0.4, 0.5) is 18.0 Å². The molecule has 19 heavy (non-hydrogen) atoms. The molecule has 1 amide bonds. The number of rotatable bonds is 1. The second-order valence-corrected chi connectivity index (χ2v) is 5.78. The fraction of sp³-hybridized carbons (Fsp3) is 0.917. The van der Waals surface area contributed by atoms with Crippen molar-refractivity contribution >= 4 is 6.09 Å².